The summed E-state index contributed by atoms with van der Waals surface area (Å²) in [6.07, 6.45) is -1.61. The molecule has 0 radical (unpaired) electrons. The van der Waals surface area contributed by atoms with Gasteiger partial charge in [0.05, 0.1) is 7.11 Å². The lowest BCUT2D eigenvalue weighted by molar-refractivity contribution is -0.143. The van der Waals surface area contributed by atoms with Gasteiger partial charge < -0.3 is 14.8 Å². The number of carbonyl (C=O) groups excluding carboxylic acids is 2. The maximum Gasteiger partial charge on any atom is 0.408 e. The predicted octanol–water partition coefficient (Wildman–Crippen LogP) is 2.49. The molecule has 0 spiro atoms. The number of ether oxygens (including phenoxy) is 2. The van der Waals surface area contributed by atoms with E-state index in [4.69, 9.17) is 4.74 Å². The van der Waals surface area contributed by atoms with Crippen molar-refractivity contribution >= 4 is 12.1 Å². The van der Waals surface area contributed by atoms with E-state index in [9.17, 15) is 18.4 Å². The highest BCUT2D eigenvalue weighted by molar-refractivity contribution is 5.81. The fraction of sp³-hybridized carbons (Fsp3) is 0.833. The Bertz CT molecular complexity index is 321. The second kappa shape index (κ2) is 6.68. The van der Waals surface area contributed by atoms with Gasteiger partial charge in [-0.15, -0.1) is 0 Å². The molecule has 1 atom stereocenters. The van der Waals surface area contributed by atoms with Crippen molar-refractivity contribution in [2.24, 2.45) is 0 Å². The SMILES string of the molecule is COC(=O)C(CCC(C)(F)F)NC(=O)OC(C)(C)C. The highest BCUT2D eigenvalue weighted by Crippen LogP contribution is 2.20. The molecule has 5 nitrogen and oxygen atoms in total. The van der Waals surface area contributed by atoms with Gasteiger partial charge in [0.15, 0.2) is 0 Å². The molecule has 1 N–H and O–H groups in total. The van der Waals surface area contributed by atoms with Crippen molar-refractivity contribution in [2.75, 3.05) is 7.11 Å². The Morgan fingerprint density at radius 2 is 1.74 bits per heavy atom. The van der Waals surface area contributed by atoms with E-state index >= 15 is 0 Å². The first-order valence-corrected chi connectivity index (χ1v) is 5.90. The minimum atomic E-state index is -2.91. The third-order valence-electron chi connectivity index (χ3n) is 2.05. The molecule has 0 aliphatic rings. The second-order valence-corrected chi connectivity index (χ2v) is 5.33. The Labute approximate surface area is 111 Å². The van der Waals surface area contributed by atoms with Crippen LogP contribution in [0, 0.1) is 0 Å². The minimum absolute atomic E-state index is 0.227. The zero-order chi connectivity index (χ0) is 15.3. The van der Waals surface area contributed by atoms with Crippen molar-refractivity contribution in [3.8, 4) is 0 Å². The van der Waals surface area contributed by atoms with E-state index < -0.39 is 36.0 Å². The largest absolute Gasteiger partial charge is 0.467 e. The van der Waals surface area contributed by atoms with Crippen LogP contribution in [0.2, 0.25) is 0 Å². The van der Waals surface area contributed by atoms with Gasteiger partial charge in [-0.1, -0.05) is 0 Å². The van der Waals surface area contributed by atoms with E-state index in [0.29, 0.717) is 0 Å². The highest BCUT2D eigenvalue weighted by atomic mass is 19.3. The lowest BCUT2D eigenvalue weighted by Crippen LogP contribution is -2.44. The van der Waals surface area contributed by atoms with E-state index in [1.165, 1.54) is 0 Å². The lowest BCUT2D eigenvalue weighted by Gasteiger charge is -2.23. The average Bonchev–Trinajstić information content (AvgIpc) is 2.19. The van der Waals surface area contributed by atoms with E-state index in [1.54, 1.807) is 20.8 Å². The number of rotatable bonds is 5. The number of hydrogen-bond acceptors (Lipinski definition) is 4. The monoisotopic (exact) mass is 281 g/mol. The van der Waals surface area contributed by atoms with Crippen molar-refractivity contribution in [3.05, 3.63) is 0 Å². The van der Waals surface area contributed by atoms with E-state index in [0.717, 1.165) is 14.0 Å². The van der Waals surface area contributed by atoms with E-state index in [1.807, 2.05) is 0 Å². The molecule has 0 aliphatic heterocycles. The Hall–Kier alpha value is -1.40. The summed E-state index contributed by atoms with van der Waals surface area (Å²) in [6.45, 7) is 5.70. The summed E-state index contributed by atoms with van der Waals surface area (Å²) >= 11 is 0. The fourth-order valence-corrected chi connectivity index (χ4v) is 1.24. The van der Waals surface area contributed by atoms with Crippen molar-refractivity contribution in [1.82, 2.24) is 5.32 Å². The highest BCUT2D eigenvalue weighted by Gasteiger charge is 2.29. The van der Waals surface area contributed by atoms with Crippen LogP contribution in [0.4, 0.5) is 13.6 Å². The summed E-state index contributed by atoms with van der Waals surface area (Å²) in [6, 6.07) is -1.15. The fourth-order valence-electron chi connectivity index (χ4n) is 1.24. The van der Waals surface area contributed by atoms with Crippen LogP contribution >= 0.6 is 0 Å². The first-order valence-electron chi connectivity index (χ1n) is 5.90. The summed E-state index contributed by atoms with van der Waals surface area (Å²) in [5.41, 5.74) is -0.737. The van der Waals surface area contributed by atoms with Crippen LogP contribution in [-0.2, 0) is 14.3 Å². The summed E-state index contributed by atoms with van der Waals surface area (Å²) in [4.78, 5) is 22.9. The molecular weight excluding hydrogens is 260 g/mol. The summed E-state index contributed by atoms with van der Waals surface area (Å²) in [5.74, 6) is -3.70. The van der Waals surface area contributed by atoms with Gasteiger partial charge in [-0.05, 0) is 34.1 Å². The summed E-state index contributed by atoms with van der Waals surface area (Å²) < 4.78 is 34.9. The number of esters is 1. The Morgan fingerprint density at radius 3 is 2.11 bits per heavy atom. The normalized spacial score (nSPS) is 13.6. The first kappa shape index (κ1) is 17.6. The molecule has 0 aromatic rings. The maximum absolute atomic E-state index is 12.8. The maximum atomic E-state index is 12.8. The van der Waals surface area contributed by atoms with Gasteiger partial charge in [-0.25, -0.2) is 18.4 Å². The molecular formula is C12H21F2NO4. The standard InChI is InChI=1S/C12H21F2NO4/c1-11(2,3)19-10(17)15-8(9(16)18-5)6-7-12(4,13)14/h8H,6-7H2,1-5H3,(H,15,17). The summed E-state index contributed by atoms with van der Waals surface area (Å²) in [5, 5.41) is 2.23. The molecule has 0 heterocycles. The van der Waals surface area contributed by atoms with E-state index in [-0.39, 0.29) is 6.42 Å². The zero-order valence-electron chi connectivity index (χ0n) is 11.9. The minimum Gasteiger partial charge on any atom is -0.467 e. The average molecular weight is 281 g/mol. The Morgan fingerprint density at radius 1 is 1.21 bits per heavy atom. The number of carbonyl (C=O) groups is 2. The smallest absolute Gasteiger partial charge is 0.408 e. The molecule has 112 valence electrons. The molecule has 0 aliphatic carbocycles. The molecule has 0 saturated heterocycles. The number of halogens is 2. The van der Waals surface area contributed by atoms with Crippen molar-refractivity contribution in [3.63, 3.8) is 0 Å². The van der Waals surface area contributed by atoms with Crippen molar-refractivity contribution in [2.45, 2.75) is 58.1 Å². The van der Waals surface area contributed by atoms with Gasteiger partial charge in [-0.2, -0.15) is 0 Å². The van der Waals surface area contributed by atoms with Crippen LogP contribution in [0.25, 0.3) is 0 Å². The van der Waals surface area contributed by atoms with Crippen LogP contribution in [0.1, 0.15) is 40.5 Å². The molecule has 7 heteroatoms. The van der Waals surface area contributed by atoms with Crippen LogP contribution in [-0.4, -0.2) is 36.7 Å². The van der Waals surface area contributed by atoms with Crippen molar-refractivity contribution in [1.29, 1.82) is 0 Å². The van der Waals surface area contributed by atoms with Gasteiger partial charge in [0.1, 0.15) is 11.6 Å². The topological polar surface area (TPSA) is 64.6 Å². The quantitative estimate of drug-likeness (QED) is 0.786. The van der Waals surface area contributed by atoms with Gasteiger partial charge in [-0.3, -0.25) is 0 Å². The Balaban J connectivity index is 4.52. The third-order valence-corrected chi connectivity index (χ3v) is 2.05. The van der Waals surface area contributed by atoms with Crippen LogP contribution in [0.5, 0.6) is 0 Å². The first-order chi connectivity index (χ1) is 8.44. The van der Waals surface area contributed by atoms with Crippen molar-refractivity contribution < 1.29 is 27.8 Å². The number of alkyl carbamates (subject to hydrolysis) is 1. The number of hydrogen-bond donors (Lipinski definition) is 1. The second-order valence-electron chi connectivity index (χ2n) is 5.33. The molecule has 19 heavy (non-hydrogen) atoms. The van der Waals surface area contributed by atoms with Gasteiger partial charge in [0.2, 0.25) is 5.92 Å². The number of methoxy groups -OCH3 is 1. The molecule has 1 unspecified atom stereocenters. The molecule has 0 bridgehead atoms. The number of amides is 1. The molecule has 0 aromatic carbocycles. The zero-order valence-corrected chi connectivity index (χ0v) is 11.9. The molecule has 0 saturated carbocycles. The molecule has 0 rings (SSSR count). The van der Waals surface area contributed by atoms with Gasteiger partial charge >= 0.3 is 12.1 Å². The van der Waals surface area contributed by atoms with Crippen LogP contribution < -0.4 is 5.32 Å². The van der Waals surface area contributed by atoms with Gasteiger partial charge in [0, 0.05) is 6.42 Å². The van der Waals surface area contributed by atoms with Crippen LogP contribution in [0.3, 0.4) is 0 Å². The molecule has 0 fully saturated rings. The lowest BCUT2D eigenvalue weighted by atomic mass is 10.1. The number of alkyl halides is 2. The van der Waals surface area contributed by atoms with Gasteiger partial charge in [0.25, 0.3) is 0 Å². The predicted molar refractivity (Wildman–Crippen MR) is 65.0 cm³/mol. The number of nitrogens with one attached hydrogen (secondary N) is 1. The third kappa shape index (κ3) is 9.21. The molecule has 0 aromatic heterocycles. The Kier molecular flexibility index (Phi) is 6.18. The van der Waals surface area contributed by atoms with Crippen LogP contribution in [0.15, 0.2) is 0 Å². The van der Waals surface area contributed by atoms with E-state index in [2.05, 4.69) is 10.1 Å². The summed E-state index contributed by atoms with van der Waals surface area (Å²) in [7, 11) is 1.12. The molecule has 1 amide bonds.